The summed E-state index contributed by atoms with van der Waals surface area (Å²) in [5, 5.41) is 7.53. The number of nitrogens with one attached hydrogen (secondary N) is 1. The van der Waals surface area contributed by atoms with E-state index in [0.717, 1.165) is 26.1 Å². The van der Waals surface area contributed by atoms with E-state index in [1.54, 1.807) is 0 Å². The minimum absolute atomic E-state index is 0.810. The molecule has 14 heavy (non-hydrogen) atoms. The lowest BCUT2D eigenvalue weighted by atomic mass is 10.3. The van der Waals surface area contributed by atoms with Crippen molar-refractivity contribution in [2.24, 2.45) is 0 Å². The lowest BCUT2D eigenvalue weighted by Gasteiger charge is -2.06. The first-order valence-electron chi connectivity index (χ1n) is 5.08. The number of nitrogens with zero attached hydrogens (tertiary/aromatic N) is 2. The second-order valence-corrected chi connectivity index (χ2v) is 3.64. The molecule has 0 aliphatic rings. The highest BCUT2D eigenvalue weighted by Gasteiger charge is 1.97. The van der Waals surface area contributed by atoms with Crippen LogP contribution in [0.3, 0.4) is 0 Å². The third-order valence-corrected chi connectivity index (χ3v) is 1.95. The first kappa shape index (κ1) is 11.0. The number of hydrogen-bond donors (Lipinski definition) is 1. The van der Waals surface area contributed by atoms with Gasteiger partial charge in [0, 0.05) is 12.7 Å². The molecule has 0 bridgehead atoms. The van der Waals surface area contributed by atoms with E-state index in [1.165, 1.54) is 11.1 Å². The Morgan fingerprint density at radius 2 is 2.43 bits per heavy atom. The summed E-state index contributed by atoms with van der Waals surface area (Å²) in [6.45, 7) is 11.0. The molecular formula is C11H19N3. The van der Waals surface area contributed by atoms with Crippen LogP contribution in [0.2, 0.25) is 0 Å². The maximum Gasteiger partial charge on any atom is 0.0629 e. The Hall–Kier alpha value is -1.09. The van der Waals surface area contributed by atoms with E-state index in [0.29, 0.717) is 0 Å². The molecule has 0 radical (unpaired) electrons. The minimum atomic E-state index is 0.810. The van der Waals surface area contributed by atoms with E-state index >= 15 is 0 Å². The van der Waals surface area contributed by atoms with Crippen molar-refractivity contribution in [1.82, 2.24) is 15.1 Å². The molecule has 1 N–H and O–H groups in total. The van der Waals surface area contributed by atoms with Crippen molar-refractivity contribution < 1.29 is 0 Å². The van der Waals surface area contributed by atoms with E-state index in [-0.39, 0.29) is 0 Å². The Morgan fingerprint density at radius 1 is 1.64 bits per heavy atom. The van der Waals surface area contributed by atoms with Crippen molar-refractivity contribution in [3.05, 3.63) is 30.1 Å². The van der Waals surface area contributed by atoms with Crippen LogP contribution in [0.1, 0.15) is 18.9 Å². The minimum Gasteiger partial charge on any atom is -0.313 e. The number of aromatic nitrogens is 2. The molecule has 0 aliphatic carbocycles. The van der Waals surface area contributed by atoms with Crippen LogP contribution in [0, 0.1) is 6.92 Å². The Balaban J connectivity index is 2.27. The molecule has 1 rings (SSSR count). The lowest BCUT2D eigenvalue weighted by Crippen LogP contribution is -2.19. The first-order chi connectivity index (χ1) is 6.72. The molecule has 0 saturated heterocycles. The largest absolute Gasteiger partial charge is 0.313 e. The van der Waals surface area contributed by atoms with Crippen LogP contribution in [0.15, 0.2) is 24.5 Å². The van der Waals surface area contributed by atoms with Crippen LogP contribution in [-0.2, 0) is 6.54 Å². The van der Waals surface area contributed by atoms with Crippen molar-refractivity contribution in [1.29, 1.82) is 0 Å². The third kappa shape index (κ3) is 3.75. The molecule has 0 amide bonds. The van der Waals surface area contributed by atoms with Crippen LogP contribution in [0.25, 0.3) is 0 Å². The monoisotopic (exact) mass is 193 g/mol. The topological polar surface area (TPSA) is 29.9 Å². The molecule has 0 fully saturated rings. The summed E-state index contributed by atoms with van der Waals surface area (Å²) in [7, 11) is 0. The molecular weight excluding hydrogens is 174 g/mol. The fourth-order valence-electron chi connectivity index (χ4n) is 1.28. The molecule has 0 aromatic carbocycles. The highest BCUT2D eigenvalue weighted by Crippen LogP contribution is 1.98. The molecule has 78 valence electrons. The maximum absolute atomic E-state index is 4.21. The predicted molar refractivity (Wildman–Crippen MR) is 59.3 cm³/mol. The van der Waals surface area contributed by atoms with Crippen LogP contribution < -0.4 is 5.32 Å². The van der Waals surface area contributed by atoms with Crippen LogP contribution in [0.5, 0.6) is 0 Å². The van der Waals surface area contributed by atoms with Gasteiger partial charge in [-0.2, -0.15) is 5.10 Å². The molecule has 0 atom stereocenters. The van der Waals surface area contributed by atoms with Gasteiger partial charge in [-0.3, -0.25) is 4.68 Å². The Labute approximate surface area is 85.8 Å². The average Bonchev–Trinajstić information content (AvgIpc) is 2.52. The van der Waals surface area contributed by atoms with Crippen molar-refractivity contribution in [3.63, 3.8) is 0 Å². The number of aryl methyl sites for hydroxylation is 1. The second-order valence-electron chi connectivity index (χ2n) is 3.64. The first-order valence-corrected chi connectivity index (χ1v) is 5.08. The SMILES string of the molecule is C=C(CNCCC)Cn1cc(C)cn1. The van der Waals surface area contributed by atoms with Gasteiger partial charge in [0.25, 0.3) is 0 Å². The predicted octanol–water partition coefficient (Wildman–Crippen LogP) is 1.75. The van der Waals surface area contributed by atoms with Gasteiger partial charge in [-0.25, -0.2) is 0 Å². The van der Waals surface area contributed by atoms with Gasteiger partial charge in [0.15, 0.2) is 0 Å². The summed E-state index contributed by atoms with van der Waals surface area (Å²) in [4.78, 5) is 0. The van der Waals surface area contributed by atoms with Gasteiger partial charge < -0.3 is 5.32 Å². The van der Waals surface area contributed by atoms with Gasteiger partial charge in [-0.15, -0.1) is 0 Å². The van der Waals surface area contributed by atoms with Crippen molar-refractivity contribution in [2.75, 3.05) is 13.1 Å². The number of rotatable bonds is 6. The van der Waals surface area contributed by atoms with E-state index < -0.39 is 0 Å². The van der Waals surface area contributed by atoms with E-state index in [1.807, 2.05) is 24.0 Å². The van der Waals surface area contributed by atoms with Gasteiger partial charge in [0.1, 0.15) is 0 Å². The fourth-order valence-corrected chi connectivity index (χ4v) is 1.28. The third-order valence-electron chi connectivity index (χ3n) is 1.95. The zero-order chi connectivity index (χ0) is 10.4. The molecule has 0 unspecified atom stereocenters. The summed E-state index contributed by atoms with van der Waals surface area (Å²) in [5.41, 5.74) is 2.36. The summed E-state index contributed by atoms with van der Waals surface area (Å²) in [5.74, 6) is 0. The van der Waals surface area contributed by atoms with Crippen LogP contribution in [0.4, 0.5) is 0 Å². The standard InChI is InChI=1S/C11H19N3/c1-4-5-12-6-10(2)8-14-9-11(3)7-13-14/h7,9,12H,2,4-6,8H2,1,3H3. The molecule has 0 aliphatic heterocycles. The van der Waals surface area contributed by atoms with Gasteiger partial charge in [0.2, 0.25) is 0 Å². The fraction of sp³-hybridized carbons (Fsp3) is 0.545. The Morgan fingerprint density at radius 3 is 3.00 bits per heavy atom. The molecule has 1 heterocycles. The summed E-state index contributed by atoms with van der Waals surface area (Å²) < 4.78 is 1.92. The second kappa shape index (κ2) is 5.60. The van der Waals surface area contributed by atoms with Crippen LogP contribution in [-0.4, -0.2) is 22.9 Å². The molecule has 1 aromatic rings. The zero-order valence-corrected chi connectivity index (χ0v) is 9.08. The average molecular weight is 193 g/mol. The highest BCUT2D eigenvalue weighted by molar-refractivity contribution is 5.03. The maximum atomic E-state index is 4.21. The lowest BCUT2D eigenvalue weighted by molar-refractivity contribution is 0.633. The van der Waals surface area contributed by atoms with E-state index in [4.69, 9.17) is 0 Å². The van der Waals surface area contributed by atoms with E-state index in [9.17, 15) is 0 Å². The van der Waals surface area contributed by atoms with Gasteiger partial charge in [0.05, 0.1) is 12.7 Å². The Bertz CT molecular complexity index is 288. The molecule has 0 saturated carbocycles. The molecule has 3 nitrogen and oxygen atoms in total. The molecule has 0 spiro atoms. The van der Waals surface area contributed by atoms with Gasteiger partial charge >= 0.3 is 0 Å². The summed E-state index contributed by atoms with van der Waals surface area (Å²) in [6.07, 6.45) is 5.06. The Kier molecular flexibility index (Phi) is 4.40. The molecule has 1 aromatic heterocycles. The van der Waals surface area contributed by atoms with Crippen LogP contribution >= 0.6 is 0 Å². The van der Waals surface area contributed by atoms with Gasteiger partial charge in [-0.05, 0) is 31.0 Å². The zero-order valence-electron chi connectivity index (χ0n) is 9.08. The quantitative estimate of drug-likeness (QED) is 0.551. The normalized spacial score (nSPS) is 10.4. The van der Waals surface area contributed by atoms with Gasteiger partial charge in [-0.1, -0.05) is 13.5 Å². The van der Waals surface area contributed by atoms with Crippen molar-refractivity contribution in [3.8, 4) is 0 Å². The van der Waals surface area contributed by atoms with E-state index in [2.05, 4.69) is 23.9 Å². The molecule has 3 heteroatoms. The van der Waals surface area contributed by atoms with Crippen molar-refractivity contribution in [2.45, 2.75) is 26.8 Å². The summed E-state index contributed by atoms with van der Waals surface area (Å²) >= 11 is 0. The summed E-state index contributed by atoms with van der Waals surface area (Å²) in [6, 6.07) is 0. The number of hydrogen-bond acceptors (Lipinski definition) is 2. The van der Waals surface area contributed by atoms with Crippen molar-refractivity contribution >= 4 is 0 Å². The smallest absolute Gasteiger partial charge is 0.0629 e. The highest BCUT2D eigenvalue weighted by atomic mass is 15.3.